The second kappa shape index (κ2) is 5.93. The second-order valence-electron chi connectivity index (χ2n) is 4.44. The molecule has 5 heteroatoms. The van der Waals surface area contributed by atoms with Gasteiger partial charge in [0.15, 0.2) is 0 Å². The summed E-state index contributed by atoms with van der Waals surface area (Å²) >= 11 is 0. The number of aliphatic hydroxyl groups is 1. The Kier molecular flexibility index (Phi) is 4.28. The van der Waals surface area contributed by atoms with Gasteiger partial charge in [-0.1, -0.05) is 0 Å². The first kappa shape index (κ1) is 12.3. The van der Waals surface area contributed by atoms with E-state index in [0.29, 0.717) is 11.8 Å². The first-order valence-corrected chi connectivity index (χ1v) is 6.00. The van der Waals surface area contributed by atoms with Crippen molar-refractivity contribution in [3.8, 4) is 5.88 Å². The molecule has 0 aliphatic carbocycles. The molecule has 1 aliphatic rings. The summed E-state index contributed by atoms with van der Waals surface area (Å²) in [5.41, 5.74) is 0.869. The Bertz CT molecular complexity index is 359. The van der Waals surface area contributed by atoms with Crippen LogP contribution in [-0.2, 0) is 6.54 Å². The number of methoxy groups -OCH3 is 1. The highest BCUT2D eigenvalue weighted by atomic mass is 16.5. The van der Waals surface area contributed by atoms with Crippen molar-refractivity contribution in [1.82, 2.24) is 14.9 Å². The van der Waals surface area contributed by atoms with Gasteiger partial charge in [0.05, 0.1) is 7.11 Å². The van der Waals surface area contributed by atoms with Crippen LogP contribution in [0.1, 0.15) is 18.5 Å². The molecular formula is C12H19N3O2. The molecule has 1 fully saturated rings. The molecule has 0 aromatic carbocycles. The molecule has 17 heavy (non-hydrogen) atoms. The van der Waals surface area contributed by atoms with E-state index in [1.807, 2.05) is 0 Å². The number of likely N-dealkylation sites (tertiary alicyclic amines) is 1. The van der Waals surface area contributed by atoms with Crippen molar-refractivity contribution < 1.29 is 9.84 Å². The summed E-state index contributed by atoms with van der Waals surface area (Å²) in [7, 11) is 1.61. The fourth-order valence-corrected chi connectivity index (χ4v) is 2.29. The quantitative estimate of drug-likeness (QED) is 0.835. The minimum absolute atomic E-state index is 0.272. The standard InChI is InChI=1S/C12H19N3O2/c1-17-12-11(13-4-5-14-12)8-15-6-2-3-10(7-15)9-16/h4-5,10,16H,2-3,6-9H2,1H3. The summed E-state index contributed by atoms with van der Waals surface area (Å²) in [6, 6.07) is 0. The number of aliphatic hydroxyl groups excluding tert-OH is 1. The van der Waals surface area contributed by atoms with E-state index >= 15 is 0 Å². The topological polar surface area (TPSA) is 58.5 Å². The normalized spacial score (nSPS) is 21.4. The summed E-state index contributed by atoms with van der Waals surface area (Å²) in [6.45, 7) is 2.99. The van der Waals surface area contributed by atoms with Crippen molar-refractivity contribution in [3.05, 3.63) is 18.1 Å². The van der Waals surface area contributed by atoms with Crippen LogP contribution in [0.3, 0.4) is 0 Å². The summed E-state index contributed by atoms with van der Waals surface area (Å²) < 4.78 is 5.19. The van der Waals surface area contributed by atoms with Crippen LogP contribution in [0.25, 0.3) is 0 Å². The Labute approximate surface area is 101 Å². The van der Waals surface area contributed by atoms with Crippen molar-refractivity contribution in [2.75, 3.05) is 26.8 Å². The van der Waals surface area contributed by atoms with Gasteiger partial charge in [0.25, 0.3) is 0 Å². The van der Waals surface area contributed by atoms with E-state index in [1.165, 1.54) is 0 Å². The zero-order chi connectivity index (χ0) is 12.1. The zero-order valence-corrected chi connectivity index (χ0v) is 10.2. The maximum absolute atomic E-state index is 9.20. The molecule has 0 radical (unpaired) electrons. The van der Waals surface area contributed by atoms with Gasteiger partial charge in [-0.25, -0.2) is 4.98 Å². The van der Waals surface area contributed by atoms with Crippen LogP contribution in [0.5, 0.6) is 5.88 Å². The van der Waals surface area contributed by atoms with E-state index < -0.39 is 0 Å². The highest BCUT2D eigenvalue weighted by Gasteiger charge is 2.20. The molecule has 1 aromatic heterocycles. The second-order valence-corrected chi connectivity index (χ2v) is 4.44. The lowest BCUT2D eigenvalue weighted by molar-refractivity contribution is 0.114. The summed E-state index contributed by atoms with van der Waals surface area (Å²) in [5.74, 6) is 0.991. The van der Waals surface area contributed by atoms with Gasteiger partial charge in [-0.05, 0) is 25.3 Å². The molecule has 1 saturated heterocycles. The first-order chi connectivity index (χ1) is 8.33. The molecular weight excluding hydrogens is 218 g/mol. The average Bonchev–Trinajstić information content (AvgIpc) is 2.39. The predicted octanol–water partition coefficient (Wildman–Crippen LogP) is 0.689. The molecule has 5 nitrogen and oxygen atoms in total. The first-order valence-electron chi connectivity index (χ1n) is 6.00. The molecule has 0 bridgehead atoms. The smallest absolute Gasteiger partial charge is 0.236 e. The van der Waals surface area contributed by atoms with Crippen molar-refractivity contribution in [2.24, 2.45) is 5.92 Å². The zero-order valence-electron chi connectivity index (χ0n) is 10.2. The van der Waals surface area contributed by atoms with Gasteiger partial charge < -0.3 is 9.84 Å². The van der Waals surface area contributed by atoms with Crippen LogP contribution in [0, 0.1) is 5.92 Å². The lowest BCUT2D eigenvalue weighted by atomic mass is 9.99. The molecule has 94 valence electrons. The SMILES string of the molecule is COc1nccnc1CN1CCCC(CO)C1. The highest BCUT2D eigenvalue weighted by Crippen LogP contribution is 2.20. The van der Waals surface area contributed by atoms with E-state index in [4.69, 9.17) is 4.74 Å². The van der Waals surface area contributed by atoms with Crippen molar-refractivity contribution in [3.63, 3.8) is 0 Å². The van der Waals surface area contributed by atoms with Gasteiger partial charge >= 0.3 is 0 Å². The Morgan fingerprint density at radius 3 is 3.06 bits per heavy atom. The van der Waals surface area contributed by atoms with E-state index in [-0.39, 0.29) is 6.61 Å². The van der Waals surface area contributed by atoms with Gasteiger partial charge in [-0.2, -0.15) is 0 Å². The van der Waals surface area contributed by atoms with Crippen LogP contribution >= 0.6 is 0 Å². The van der Waals surface area contributed by atoms with Crippen molar-refractivity contribution >= 4 is 0 Å². The van der Waals surface area contributed by atoms with Crippen molar-refractivity contribution in [2.45, 2.75) is 19.4 Å². The maximum atomic E-state index is 9.20. The molecule has 1 aromatic rings. The summed E-state index contributed by atoms with van der Waals surface area (Å²) in [4.78, 5) is 10.7. The van der Waals surface area contributed by atoms with Gasteiger partial charge in [0, 0.05) is 32.1 Å². The maximum Gasteiger partial charge on any atom is 0.236 e. The number of hydrogen-bond acceptors (Lipinski definition) is 5. The highest BCUT2D eigenvalue weighted by molar-refractivity contribution is 5.16. The minimum atomic E-state index is 0.272. The lowest BCUT2D eigenvalue weighted by Crippen LogP contribution is -2.36. The van der Waals surface area contributed by atoms with Gasteiger partial charge in [0.2, 0.25) is 5.88 Å². The average molecular weight is 237 g/mol. The van der Waals surface area contributed by atoms with E-state index in [2.05, 4.69) is 14.9 Å². The summed E-state index contributed by atoms with van der Waals surface area (Å²) in [6.07, 6.45) is 5.57. The minimum Gasteiger partial charge on any atom is -0.480 e. The number of rotatable bonds is 4. The molecule has 0 amide bonds. The van der Waals surface area contributed by atoms with Crippen LogP contribution in [-0.4, -0.2) is 46.8 Å². The predicted molar refractivity (Wildman–Crippen MR) is 63.7 cm³/mol. The Morgan fingerprint density at radius 1 is 1.47 bits per heavy atom. The number of ether oxygens (including phenoxy) is 1. The van der Waals surface area contributed by atoms with E-state index in [9.17, 15) is 5.11 Å². The van der Waals surface area contributed by atoms with E-state index in [1.54, 1.807) is 19.5 Å². The molecule has 2 heterocycles. The Balaban J connectivity index is 2.00. The molecule has 2 rings (SSSR count). The third-order valence-corrected chi connectivity index (χ3v) is 3.16. The van der Waals surface area contributed by atoms with Crippen LogP contribution in [0.2, 0.25) is 0 Å². The molecule has 1 unspecified atom stereocenters. The van der Waals surface area contributed by atoms with Crippen LogP contribution in [0.4, 0.5) is 0 Å². The van der Waals surface area contributed by atoms with Crippen LogP contribution < -0.4 is 4.74 Å². The fraction of sp³-hybridized carbons (Fsp3) is 0.667. The van der Waals surface area contributed by atoms with Gasteiger partial charge in [0.1, 0.15) is 5.69 Å². The molecule has 1 N–H and O–H groups in total. The third-order valence-electron chi connectivity index (χ3n) is 3.16. The molecule has 1 aliphatic heterocycles. The number of aromatic nitrogens is 2. The largest absolute Gasteiger partial charge is 0.480 e. The molecule has 0 spiro atoms. The lowest BCUT2D eigenvalue weighted by Gasteiger charge is -2.31. The van der Waals surface area contributed by atoms with E-state index in [0.717, 1.165) is 38.2 Å². The summed E-state index contributed by atoms with van der Waals surface area (Å²) in [5, 5.41) is 9.20. The van der Waals surface area contributed by atoms with Crippen molar-refractivity contribution in [1.29, 1.82) is 0 Å². The van der Waals surface area contributed by atoms with Gasteiger partial charge in [-0.3, -0.25) is 9.88 Å². The third kappa shape index (κ3) is 3.14. The number of hydrogen-bond donors (Lipinski definition) is 1. The number of nitrogens with zero attached hydrogens (tertiary/aromatic N) is 3. The monoisotopic (exact) mass is 237 g/mol. The number of piperidine rings is 1. The van der Waals surface area contributed by atoms with Gasteiger partial charge in [-0.15, -0.1) is 0 Å². The fourth-order valence-electron chi connectivity index (χ4n) is 2.29. The molecule has 1 atom stereocenters. The van der Waals surface area contributed by atoms with Crippen LogP contribution in [0.15, 0.2) is 12.4 Å². The Hall–Kier alpha value is -1.20. The molecule has 0 saturated carbocycles. The Morgan fingerprint density at radius 2 is 2.29 bits per heavy atom.